The van der Waals surface area contributed by atoms with Crippen molar-refractivity contribution in [3.8, 4) is 0 Å². The first kappa shape index (κ1) is 21.1. The third-order valence-corrected chi connectivity index (χ3v) is 2.93. The monoisotopic (exact) mass is 363 g/mol. The first-order valence-electron chi connectivity index (χ1n) is 8.21. The van der Waals surface area contributed by atoms with Gasteiger partial charge in [-0.25, -0.2) is 4.79 Å². The number of anilines is 2. The Hall–Kier alpha value is -2.90. The van der Waals surface area contributed by atoms with Crippen molar-refractivity contribution in [1.82, 2.24) is 5.32 Å². The van der Waals surface area contributed by atoms with Gasteiger partial charge in [0.2, 0.25) is 11.8 Å². The molecular formula is C18H25N3O5. The number of carbonyl (C=O) groups excluding carboxylic acids is 4. The molecule has 0 atom stereocenters. The Morgan fingerprint density at radius 1 is 0.962 bits per heavy atom. The van der Waals surface area contributed by atoms with Crippen LogP contribution in [0.3, 0.4) is 0 Å². The highest BCUT2D eigenvalue weighted by atomic mass is 16.6. The molecule has 0 aliphatic carbocycles. The minimum atomic E-state index is -0.681. The van der Waals surface area contributed by atoms with Crippen LogP contribution in [-0.2, 0) is 19.1 Å². The van der Waals surface area contributed by atoms with E-state index in [1.807, 2.05) is 0 Å². The lowest BCUT2D eigenvalue weighted by Gasteiger charge is -2.19. The van der Waals surface area contributed by atoms with Gasteiger partial charge in [0, 0.05) is 24.2 Å². The van der Waals surface area contributed by atoms with Crippen molar-refractivity contribution in [3.63, 3.8) is 0 Å². The minimum absolute atomic E-state index is 0.0568. The van der Waals surface area contributed by atoms with E-state index < -0.39 is 17.6 Å². The predicted molar refractivity (Wildman–Crippen MR) is 97.9 cm³/mol. The van der Waals surface area contributed by atoms with Gasteiger partial charge in [0.1, 0.15) is 17.9 Å². The normalized spacial score (nSPS) is 10.6. The minimum Gasteiger partial charge on any atom is -0.444 e. The SMILES string of the molecule is CC(=O)CCC(=O)Nc1cccc(NC(=O)CNC(=O)OC(C)(C)C)c1. The fourth-order valence-electron chi connectivity index (χ4n) is 1.86. The number of Topliss-reactive ketones (excluding diaryl/α,β-unsaturated/α-hetero) is 1. The van der Waals surface area contributed by atoms with E-state index in [4.69, 9.17) is 4.74 Å². The van der Waals surface area contributed by atoms with Gasteiger partial charge in [0.15, 0.2) is 0 Å². The quantitative estimate of drug-likeness (QED) is 0.688. The van der Waals surface area contributed by atoms with E-state index in [9.17, 15) is 19.2 Å². The first-order chi connectivity index (χ1) is 12.0. The molecule has 0 aliphatic heterocycles. The maximum Gasteiger partial charge on any atom is 0.408 e. The summed E-state index contributed by atoms with van der Waals surface area (Å²) >= 11 is 0. The summed E-state index contributed by atoms with van der Waals surface area (Å²) in [6, 6.07) is 6.56. The number of amides is 3. The molecule has 0 fully saturated rings. The molecule has 0 saturated carbocycles. The van der Waals surface area contributed by atoms with Crippen LogP contribution in [0.1, 0.15) is 40.5 Å². The van der Waals surface area contributed by atoms with Crippen LogP contribution in [-0.4, -0.2) is 35.8 Å². The summed E-state index contributed by atoms with van der Waals surface area (Å²) in [5, 5.41) is 7.62. The highest BCUT2D eigenvalue weighted by molar-refractivity contribution is 5.96. The van der Waals surface area contributed by atoms with Gasteiger partial charge in [-0.05, 0) is 45.9 Å². The lowest BCUT2D eigenvalue weighted by atomic mass is 10.2. The van der Waals surface area contributed by atoms with Crippen LogP contribution in [0.25, 0.3) is 0 Å². The van der Waals surface area contributed by atoms with Gasteiger partial charge in [-0.2, -0.15) is 0 Å². The molecule has 3 N–H and O–H groups in total. The fraction of sp³-hybridized carbons (Fsp3) is 0.444. The van der Waals surface area contributed by atoms with E-state index in [0.717, 1.165) is 0 Å². The van der Waals surface area contributed by atoms with Gasteiger partial charge in [-0.3, -0.25) is 9.59 Å². The Balaban J connectivity index is 2.50. The van der Waals surface area contributed by atoms with Crippen LogP contribution in [0.4, 0.5) is 16.2 Å². The summed E-state index contributed by atoms with van der Waals surface area (Å²) in [4.78, 5) is 46.0. The largest absolute Gasteiger partial charge is 0.444 e. The zero-order valence-corrected chi connectivity index (χ0v) is 15.5. The number of ether oxygens (including phenoxy) is 1. The number of alkyl carbamates (subject to hydrolysis) is 1. The maximum atomic E-state index is 11.9. The van der Waals surface area contributed by atoms with Crippen molar-refractivity contribution >= 4 is 35.1 Å². The van der Waals surface area contributed by atoms with Crippen LogP contribution in [0.15, 0.2) is 24.3 Å². The molecule has 1 rings (SSSR count). The van der Waals surface area contributed by atoms with Crippen LogP contribution >= 0.6 is 0 Å². The lowest BCUT2D eigenvalue weighted by molar-refractivity contribution is -0.121. The van der Waals surface area contributed by atoms with Crippen LogP contribution in [0, 0.1) is 0 Å². The molecule has 8 nitrogen and oxygen atoms in total. The zero-order chi connectivity index (χ0) is 19.7. The number of hydrogen-bond acceptors (Lipinski definition) is 5. The second-order valence-electron chi connectivity index (χ2n) is 6.73. The molecule has 1 aromatic rings. The summed E-state index contributed by atoms with van der Waals surface area (Å²) in [6.45, 7) is 6.35. The zero-order valence-electron chi connectivity index (χ0n) is 15.5. The van der Waals surface area contributed by atoms with Gasteiger partial charge >= 0.3 is 6.09 Å². The number of nitrogens with one attached hydrogen (secondary N) is 3. The first-order valence-corrected chi connectivity index (χ1v) is 8.21. The van der Waals surface area contributed by atoms with Crippen LogP contribution in [0.5, 0.6) is 0 Å². The molecule has 8 heteroatoms. The molecule has 0 saturated heterocycles. The van der Waals surface area contributed by atoms with E-state index in [1.165, 1.54) is 6.92 Å². The number of benzene rings is 1. The average molecular weight is 363 g/mol. The Kier molecular flexibility index (Phi) is 7.77. The molecule has 26 heavy (non-hydrogen) atoms. The van der Waals surface area contributed by atoms with Crippen molar-refractivity contribution in [3.05, 3.63) is 24.3 Å². The van der Waals surface area contributed by atoms with Crippen molar-refractivity contribution in [2.24, 2.45) is 0 Å². The standard InChI is InChI=1S/C18H25N3O5/c1-12(22)8-9-15(23)20-13-6-5-7-14(10-13)21-16(24)11-19-17(25)26-18(2,3)4/h5-7,10H,8-9,11H2,1-4H3,(H,19,25)(H,20,23)(H,21,24). The van der Waals surface area contributed by atoms with E-state index in [1.54, 1.807) is 45.0 Å². The summed E-state index contributed by atoms with van der Waals surface area (Å²) in [6.07, 6.45) is -0.399. The Labute approximate surface area is 152 Å². The van der Waals surface area contributed by atoms with Crippen molar-refractivity contribution < 1.29 is 23.9 Å². The molecule has 0 aromatic heterocycles. The van der Waals surface area contributed by atoms with Gasteiger partial charge in [0.05, 0.1) is 0 Å². The molecule has 0 unspecified atom stereocenters. The second-order valence-corrected chi connectivity index (χ2v) is 6.73. The molecule has 0 aliphatic rings. The molecule has 0 radical (unpaired) electrons. The smallest absolute Gasteiger partial charge is 0.408 e. The molecular weight excluding hydrogens is 338 g/mol. The molecule has 0 heterocycles. The third-order valence-electron chi connectivity index (χ3n) is 2.93. The van der Waals surface area contributed by atoms with Crippen LogP contribution in [0.2, 0.25) is 0 Å². The van der Waals surface area contributed by atoms with Crippen molar-refractivity contribution in [1.29, 1.82) is 0 Å². The number of carbonyl (C=O) groups is 4. The van der Waals surface area contributed by atoms with E-state index >= 15 is 0 Å². The maximum absolute atomic E-state index is 11.9. The molecule has 142 valence electrons. The molecule has 3 amide bonds. The van der Waals surface area contributed by atoms with Gasteiger partial charge < -0.3 is 25.5 Å². The van der Waals surface area contributed by atoms with Crippen molar-refractivity contribution in [2.45, 2.75) is 46.1 Å². The Bertz CT molecular complexity index is 680. The number of ketones is 1. The Morgan fingerprint density at radius 2 is 1.54 bits per heavy atom. The summed E-state index contributed by atoms with van der Waals surface area (Å²) < 4.78 is 5.04. The topological polar surface area (TPSA) is 114 Å². The lowest BCUT2D eigenvalue weighted by Crippen LogP contribution is -2.37. The summed E-state index contributed by atoms with van der Waals surface area (Å²) in [5.74, 6) is -0.773. The second kappa shape index (κ2) is 9.55. The molecule has 0 bridgehead atoms. The number of rotatable bonds is 7. The van der Waals surface area contributed by atoms with Crippen LogP contribution < -0.4 is 16.0 Å². The van der Waals surface area contributed by atoms with Crippen molar-refractivity contribution in [2.75, 3.05) is 17.2 Å². The third kappa shape index (κ3) is 9.41. The number of hydrogen-bond donors (Lipinski definition) is 3. The van der Waals surface area contributed by atoms with Gasteiger partial charge in [-0.15, -0.1) is 0 Å². The molecule has 1 aromatic carbocycles. The van der Waals surface area contributed by atoms with Gasteiger partial charge in [0.25, 0.3) is 0 Å². The van der Waals surface area contributed by atoms with E-state index in [0.29, 0.717) is 11.4 Å². The average Bonchev–Trinajstić information content (AvgIpc) is 2.50. The summed E-state index contributed by atoms with van der Waals surface area (Å²) in [7, 11) is 0. The van der Waals surface area contributed by atoms with E-state index in [2.05, 4.69) is 16.0 Å². The summed E-state index contributed by atoms with van der Waals surface area (Å²) in [5.41, 5.74) is 0.317. The van der Waals surface area contributed by atoms with Gasteiger partial charge in [-0.1, -0.05) is 6.07 Å². The fourth-order valence-corrected chi connectivity index (χ4v) is 1.86. The highest BCUT2D eigenvalue weighted by Gasteiger charge is 2.16. The highest BCUT2D eigenvalue weighted by Crippen LogP contribution is 2.15. The van der Waals surface area contributed by atoms with E-state index in [-0.39, 0.29) is 31.1 Å². The Morgan fingerprint density at radius 3 is 2.08 bits per heavy atom. The molecule has 0 spiro atoms. The predicted octanol–water partition coefficient (Wildman–Crippen LogP) is 2.46.